The average Bonchev–Trinajstić information content (AvgIpc) is 3.47. The number of Topliss-reactive ketones (excluding diaryl/α,β-unsaturated/α-hetero) is 1. The van der Waals surface area contributed by atoms with Crippen LogP contribution in [0.4, 0.5) is 0 Å². The molecule has 2 aliphatic rings. The number of rotatable bonds is 8. The number of carbonyl (C=O) groups excluding carboxylic acids is 1. The molecule has 2 aliphatic heterocycles. The summed E-state index contributed by atoms with van der Waals surface area (Å²) < 4.78 is 17.9. The van der Waals surface area contributed by atoms with Crippen LogP contribution in [0.1, 0.15) is 22.0 Å². The molecule has 2 fully saturated rings. The Hall–Kier alpha value is -3.55. The van der Waals surface area contributed by atoms with Crippen LogP contribution < -0.4 is 0 Å². The maximum Gasteiger partial charge on any atom is 0.185 e. The van der Waals surface area contributed by atoms with Crippen LogP contribution in [0.5, 0.6) is 0 Å². The quantitative estimate of drug-likeness (QED) is 0.282. The summed E-state index contributed by atoms with van der Waals surface area (Å²) in [6, 6.07) is 31.8. The molecule has 0 radical (unpaired) electrons. The van der Waals surface area contributed by atoms with E-state index in [9.17, 15) is 4.79 Å². The molecular formula is C33H34N2O4. The third-order valence-corrected chi connectivity index (χ3v) is 7.68. The van der Waals surface area contributed by atoms with E-state index in [0.29, 0.717) is 56.6 Å². The molecule has 3 aromatic carbocycles. The number of nitrogens with zero attached hydrogens (tertiary/aromatic N) is 2. The predicted octanol–water partition coefficient (Wildman–Crippen LogP) is 5.57. The maximum atomic E-state index is 14.9. The number of furan rings is 1. The third-order valence-electron chi connectivity index (χ3n) is 7.68. The average molecular weight is 523 g/mol. The summed E-state index contributed by atoms with van der Waals surface area (Å²) in [5.74, 6) is 1.38. The van der Waals surface area contributed by atoms with Crippen molar-refractivity contribution >= 4 is 5.78 Å². The Morgan fingerprint density at radius 1 is 0.641 bits per heavy atom. The fourth-order valence-electron chi connectivity index (χ4n) is 5.75. The fraction of sp³-hybridized carbons (Fsp3) is 0.303. The SMILES string of the molecule is O=C(c1cc(-c2ccccc2)oc1-c1ccccc1)[C@@H]([C@@H](c1ccccc1)N1CCOCC1)N1CCOCC1. The first-order valence-electron chi connectivity index (χ1n) is 13.8. The molecule has 6 rings (SSSR count). The summed E-state index contributed by atoms with van der Waals surface area (Å²) in [5, 5.41) is 0. The van der Waals surface area contributed by atoms with Gasteiger partial charge in [-0.2, -0.15) is 0 Å². The summed E-state index contributed by atoms with van der Waals surface area (Å²) in [6.07, 6.45) is 0. The van der Waals surface area contributed by atoms with Crippen molar-refractivity contribution in [2.75, 3.05) is 52.6 Å². The van der Waals surface area contributed by atoms with E-state index < -0.39 is 6.04 Å². The highest BCUT2D eigenvalue weighted by Crippen LogP contribution is 2.37. The molecule has 200 valence electrons. The highest BCUT2D eigenvalue weighted by molar-refractivity contribution is 6.06. The second-order valence-corrected chi connectivity index (χ2v) is 10.0. The van der Waals surface area contributed by atoms with Gasteiger partial charge in [0, 0.05) is 37.3 Å². The van der Waals surface area contributed by atoms with Crippen molar-refractivity contribution < 1.29 is 18.7 Å². The Balaban J connectivity index is 1.49. The Labute approximate surface area is 229 Å². The van der Waals surface area contributed by atoms with E-state index in [4.69, 9.17) is 13.9 Å². The topological polar surface area (TPSA) is 55.2 Å². The van der Waals surface area contributed by atoms with E-state index >= 15 is 0 Å². The fourth-order valence-corrected chi connectivity index (χ4v) is 5.75. The first-order valence-corrected chi connectivity index (χ1v) is 13.8. The second kappa shape index (κ2) is 12.1. The molecule has 0 aliphatic carbocycles. The van der Waals surface area contributed by atoms with Gasteiger partial charge in [-0.25, -0.2) is 0 Å². The lowest BCUT2D eigenvalue weighted by molar-refractivity contribution is -0.0301. The van der Waals surface area contributed by atoms with E-state index in [1.807, 2.05) is 72.8 Å². The van der Waals surface area contributed by atoms with Gasteiger partial charge in [-0.1, -0.05) is 91.0 Å². The number of morpholine rings is 2. The number of benzene rings is 3. The van der Waals surface area contributed by atoms with Crippen molar-refractivity contribution in [2.24, 2.45) is 0 Å². The minimum Gasteiger partial charge on any atom is -0.455 e. The van der Waals surface area contributed by atoms with Gasteiger partial charge in [0.2, 0.25) is 0 Å². The highest BCUT2D eigenvalue weighted by atomic mass is 16.5. The van der Waals surface area contributed by atoms with Crippen molar-refractivity contribution in [3.05, 3.63) is 108 Å². The molecule has 0 spiro atoms. The summed E-state index contributed by atoms with van der Waals surface area (Å²) in [5.41, 5.74) is 3.60. The number of ether oxygens (including phenoxy) is 2. The largest absolute Gasteiger partial charge is 0.455 e. The zero-order chi connectivity index (χ0) is 26.4. The van der Waals surface area contributed by atoms with Crippen LogP contribution in [0.15, 0.2) is 101 Å². The molecule has 1 aromatic heterocycles. The van der Waals surface area contributed by atoms with Crippen LogP contribution in [0.2, 0.25) is 0 Å². The van der Waals surface area contributed by atoms with E-state index in [2.05, 4.69) is 34.1 Å². The number of carbonyl (C=O) groups is 1. The van der Waals surface area contributed by atoms with Crippen LogP contribution in [-0.4, -0.2) is 74.2 Å². The van der Waals surface area contributed by atoms with Crippen LogP contribution in [0, 0.1) is 0 Å². The smallest absolute Gasteiger partial charge is 0.185 e. The molecule has 0 N–H and O–H groups in total. The Bertz CT molecular complexity index is 1340. The minimum atomic E-state index is -0.405. The van der Waals surface area contributed by atoms with Gasteiger partial charge in [-0.15, -0.1) is 0 Å². The molecule has 6 nitrogen and oxygen atoms in total. The first-order chi connectivity index (χ1) is 19.3. The molecule has 39 heavy (non-hydrogen) atoms. The van der Waals surface area contributed by atoms with Crippen molar-refractivity contribution in [1.29, 1.82) is 0 Å². The lowest BCUT2D eigenvalue weighted by atomic mass is 9.88. The zero-order valence-corrected chi connectivity index (χ0v) is 22.1. The van der Waals surface area contributed by atoms with Crippen molar-refractivity contribution in [1.82, 2.24) is 9.80 Å². The van der Waals surface area contributed by atoms with Crippen LogP contribution >= 0.6 is 0 Å². The van der Waals surface area contributed by atoms with Gasteiger partial charge in [0.1, 0.15) is 11.5 Å². The van der Waals surface area contributed by atoms with Crippen LogP contribution in [0.25, 0.3) is 22.6 Å². The van der Waals surface area contributed by atoms with Gasteiger partial charge < -0.3 is 13.9 Å². The first kappa shape index (κ1) is 25.7. The van der Waals surface area contributed by atoms with Gasteiger partial charge in [-0.3, -0.25) is 14.6 Å². The van der Waals surface area contributed by atoms with Gasteiger partial charge in [0.05, 0.1) is 44.1 Å². The highest BCUT2D eigenvalue weighted by Gasteiger charge is 2.41. The molecule has 0 unspecified atom stereocenters. The summed E-state index contributed by atoms with van der Waals surface area (Å²) in [7, 11) is 0. The standard InChI is InChI=1S/C33H34N2O4/c36-32(28-24-29(25-10-4-1-5-11-25)39-33(28)27-14-8-3-9-15-27)31(35-18-22-38-23-19-35)30(26-12-6-2-7-13-26)34-16-20-37-21-17-34/h1-15,24,30-31H,16-23H2/t30-,31-/m1/s1. The van der Waals surface area contributed by atoms with E-state index in [1.54, 1.807) is 0 Å². The Morgan fingerprint density at radius 3 is 1.74 bits per heavy atom. The number of hydrogen-bond acceptors (Lipinski definition) is 6. The molecule has 0 bridgehead atoms. The van der Waals surface area contributed by atoms with Gasteiger partial charge in [-0.05, 0) is 11.6 Å². The van der Waals surface area contributed by atoms with Gasteiger partial charge in [0.25, 0.3) is 0 Å². The van der Waals surface area contributed by atoms with Gasteiger partial charge in [0.15, 0.2) is 5.78 Å². The summed E-state index contributed by atoms with van der Waals surface area (Å²) in [6.45, 7) is 5.50. The number of ketones is 1. The molecular weight excluding hydrogens is 488 g/mol. The second-order valence-electron chi connectivity index (χ2n) is 10.0. The lowest BCUT2D eigenvalue weighted by Crippen LogP contribution is -2.55. The molecule has 6 heteroatoms. The predicted molar refractivity (Wildman–Crippen MR) is 152 cm³/mol. The monoisotopic (exact) mass is 522 g/mol. The van der Waals surface area contributed by atoms with E-state index in [0.717, 1.165) is 29.8 Å². The lowest BCUT2D eigenvalue weighted by Gasteiger charge is -2.44. The van der Waals surface area contributed by atoms with Gasteiger partial charge >= 0.3 is 0 Å². The molecule has 2 atom stereocenters. The summed E-state index contributed by atoms with van der Waals surface area (Å²) >= 11 is 0. The zero-order valence-electron chi connectivity index (χ0n) is 22.1. The Kier molecular flexibility index (Phi) is 7.98. The van der Waals surface area contributed by atoms with Crippen molar-refractivity contribution in [2.45, 2.75) is 12.1 Å². The molecule has 2 saturated heterocycles. The normalized spacial score (nSPS) is 18.5. The van der Waals surface area contributed by atoms with E-state index in [-0.39, 0.29) is 11.8 Å². The molecule has 4 aromatic rings. The minimum absolute atomic E-state index is 0.0713. The number of hydrogen-bond donors (Lipinski definition) is 0. The van der Waals surface area contributed by atoms with Crippen molar-refractivity contribution in [3.63, 3.8) is 0 Å². The van der Waals surface area contributed by atoms with Crippen LogP contribution in [0.3, 0.4) is 0 Å². The van der Waals surface area contributed by atoms with Crippen molar-refractivity contribution in [3.8, 4) is 22.6 Å². The molecule has 0 amide bonds. The maximum absolute atomic E-state index is 14.9. The molecule has 0 saturated carbocycles. The van der Waals surface area contributed by atoms with Crippen LogP contribution in [-0.2, 0) is 9.47 Å². The Morgan fingerprint density at radius 2 is 1.15 bits per heavy atom. The third kappa shape index (κ3) is 5.60. The van der Waals surface area contributed by atoms with E-state index in [1.165, 1.54) is 0 Å². The molecule has 3 heterocycles. The summed E-state index contributed by atoms with van der Waals surface area (Å²) in [4.78, 5) is 19.7.